The lowest BCUT2D eigenvalue weighted by molar-refractivity contribution is -0.135. The van der Waals surface area contributed by atoms with E-state index >= 15 is 0 Å². The van der Waals surface area contributed by atoms with E-state index < -0.39 is 0 Å². The van der Waals surface area contributed by atoms with Crippen LogP contribution in [0, 0.1) is 0 Å². The van der Waals surface area contributed by atoms with Gasteiger partial charge in [-0.2, -0.15) is 0 Å². The molecule has 1 N–H and O–H groups in total. The lowest BCUT2D eigenvalue weighted by Gasteiger charge is -2.27. The Morgan fingerprint density at radius 3 is 2.70 bits per heavy atom. The molecule has 0 saturated carbocycles. The number of morpholine rings is 1. The van der Waals surface area contributed by atoms with Crippen LogP contribution in [0.3, 0.4) is 0 Å². The quantitative estimate of drug-likeness (QED) is 0.903. The summed E-state index contributed by atoms with van der Waals surface area (Å²) in [5.74, 6) is 0.885. The van der Waals surface area contributed by atoms with Crippen molar-refractivity contribution in [2.75, 3.05) is 33.9 Å². The lowest BCUT2D eigenvalue weighted by Crippen LogP contribution is -2.51. The highest BCUT2D eigenvalue weighted by Crippen LogP contribution is 2.13. The molecule has 0 spiro atoms. The molecule has 1 saturated heterocycles. The number of amides is 1. The van der Waals surface area contributed by atoms with Crippen molar-refractivity contribution in [2.45, 2.75) is 12.6 Å². The van der Waals surface area contributed by atoms with Crippen molar-refractivity contribution in [3.63, 3.8) is 0 Å². The number of likely N-dealkylation sites (N-methyl/N-ethyl adjacent to an activating group) is 1. The van der Waals surface area contributed by atoms with Gasteiger partial charge in [-0.15, -0.1) is 12.4 Å². The fourth-order valence-corrected chi connectivity index (χ4v) is 2.07. The molecule has 0 aromatic heterocycles. The number of carbonyl (C=O) groups excluding carboxylic acids is 1. The van der Waals surface area contributed by atoms with Gasteiger partial charge in [-0.3, -0.25) is 4.79 Å². The molecule has 1 heterocycles. The number of nitrogens with one attached hydrogen (secondary N) is 1. The summed E-state index contributed by atoms with van der Waals surface area (Å²) in [5.41, 5.74) is 1.08. The number of hydrogen-bond acceptors (Lipinski definition) is 4. The van der Waals surface area contributed by atoms with Gasteiger partial charge in [0.25, 0.3) is 0 Å². The molecular formula is C14H21ClN2O3. The normalized spacial score (nSPS) is 18.0. The minimum absolute atomic E-state index is 0. The summed E-state index contributed by atoms with van der Waals surface area (Å²) in [4.78, 5) is 13.9. The minimum Gasteiger partial charge on any atom is -0.497 e. The van der Waals surface area contributed by atoms with Crippen LogP contribution in [0.15, 0.2) is 24.3 Å². The number of ether oxygens (including phenoxy) is 2. The van der Waals surface area contributed by atoms with Crippen molar-refractivity contribution in [2.24, 2.45) is 0 Å². The molecule has 1 aliphatic rings. The van der Waals surface area contributed by atoms with Crippen molar-refractivity contribution >= 4 is 18.3 Å². The van der Waals surface area contributed by atoms with E-state index in [4.69, 9.17) is 9.47 Å². The Bertz CT molecular complexity index is 419. The monoisotopic (exact) mass is 300 g/mol. The van der Waals surface area contributed by atoms with Gasteiger partial charge in [0, 0.05) is 20.1 Å². The molecule has 6 heteroatoms. The minimum atomic E-state index is -0.225. The van der Waals surface area contributed by atoms with E-state index in [9.17, 15) is 4.79 Å². The van der Waals surface area contributed by atoms with Crippen LogP contribution in [0.5, 0.6) is 5.75 Å². The molecule has 1 unspecified atom stereocenters. The third kappa shape index (κ3) is 4.37. The third-order valence-electron chi connectivity index (χ3n) is 3.17. The highest BCUT2D eigenvalue weighted by molar-refractivity contribution is 5.85. The molecule has 1 aliphatic heterocycles. The van der Waals surface area contributed by atoms with Gasteiger partial charge >= 0.3 is 0 Å². The number of rotatable bonds is 4. The van der Waals surface area contributed by atoms with Crippen LogP contribution < -0.4 is 10.1 Å². The Kier molecular flexibility index (Phi) is 6.78. The Morgan fingerprint density at radius 1 is 1.45 bits per heavy atom. The standard InChI is InChI=1S/C14H20N2O3.ClH/c1-16(14(17)13-10-19-8-7-15-13)9-11-3-5-12(18-2)6-4-11;/h3-6,13,15H,7-10H2,1-2H3;1H. The van der Waals surface area contributed by atoms with E-state index in [-0.39, 0.29) is 24.4 Å². The number of benzene rings is 1. The molecule has 1 aromatic rings. The van der Waals surface area contributed by atoms with Crippen LogP contribution in [0.2, 0.25) is 0 Å². The molecule has 1 aromatic carbocycles. The zero-order valence-corrected chi connectivity index (χ0v) is 12.6. The number of carbonyl (C=O) groups is 1. The fraction of sp³-hybridized carbons (Fsp3) is 0.500. The summed E-state index contributed by atoms with van der Waals surface area (Å²) >= 11 is 0. The predicted octanol–water partition coefficient (Wildman–Crippen LogP) is 1.06. The van der Waals surface area contributed by atoms with E-state index in [1.165, 1.54) is 0 Å². The summed E-state index contributed by atoms with van der Waals surface area (Å²) in [6.45, 7) is 2.44. The molecule has 112 valence electrons. The van der Waals surface area contributed by atoms with E-state index in [1.54, 1.807) is 12.0 Å². The maximum absolute atomic E-state index is 12.2. The van der Waals surface area contributed by atoms with Crippen LogP contribution in [0.1, 0.15) is 5.56 Å². The second-order valence-corrected chi connectivity index (χ2v) is 4.62. The van der Waals surface area contributed by atoms with Crippen LogP contribution >= 0.6 is 12.4 Å². The van der Waals surface area contributed by atoms with E-state index in [1.807, 2.05) is 31.3 Å². The lowest BCUT2D eigenvalue weighted by atomic mass is 10.2. The fourth-order valence-electron chi connectivity index (χ4n) is 2.07. The molecule has 5 nitrogen and oxygen atoms in total. The third-order valence-corrected chi connectivity index (χ3v) is 3.17. The first-order valence-electron chi connectivity index (χ1n) is 6.39. The second kappa shape index (κ2) is 8.09. The molecule has 20 heavy (non-hydrogen) atoms. The molecule has 1 fully saturated rings. The smallest absolute Gasteiger partial charge is 0.242 e. The predicted molar refractivity (Wildman–Crippen MR) is 79.3 cm³/mol. The van der Waals surface area contributed by atoms with Gasteiger partial charge in [-0.05, 0) is 17.7 Å². The van der Waals surface area contributed by atoms with Gasteiger partial charge in [0.15, 0.2) is 0 Å². The number of halogens is 1. The van der Waals surface area contributed by atoms with Crippen LogP contribution in [0.25, 0.3) is 0 Å². The van der Waals surface area contributed by atoms with Gasteiger partial charge in [-0.1, -0.05) is 12.1 Å². The molecule has 0 radical (unpaired) electrons. The van der Waals surface area contributed by atoms with Crippen LogP contribution in [-0.2, 0) is 16.1 Å². The largest absolute Gasteiger partial charge is 0.497 e. The second-order valence-electron chi connectivity index (χ2n) is 4.62. The Morgan fingerprint density at radius 2 is 2.15 bits per heavy atom. The number of nitrogens with zero attached hydrogens (tertiary/aromatic N) is 1. The topological polar surface area (TPSA) is 50.8 Å². The molecule has 1 atom stereocenters. The molecule has 1 amide bonds. The first-order valence-corrected chi connectivity index (χ1v) is 6.39. The van der Waals surface area contributed by atoms with E-state index in [0.29, 0.717) is 19.8 Å². The van der Waals surface area contributed by atoms with Crippen molar-refractivity contribution in [3.05, 3.63) is 29.8 Å². The van der Waals surface area contributed by atoms with Crippen molar-refractivity contribution in [1.29, 1.82) is 0 Å². The summed E-state index contributed by atoms with van der Waals surface area (Å²) in [6, 6.07) is 7.50. The van der Waals surface area contributed by atoms with Crippen molar-refractivity contribution in [1.82, 2.24) is 10.2 Å². The molecular weight excluding hydrogens is 280 g/mol. The van der Waals surface area contributed by atoms with Crippen LogP contribution in [0.4, 0.5) is 0 Å². The summed E-state index contributed by atoms with van der Waals surface area (Å²) < 4.78 is 10.4. The average molecular weight is 301 g/mol. The van der Waals surface area contributed by atoms with Gasteiger partial charge in [0.1, 0.15) is 11.8 Å². The SMILES string of the molecule is COc1ccc(CN(C)C(=O)C2COCCN2)cc1.Cl. The van der Waals surface area contributed by atoms with Crippen LogP contribution in [-0.4, -0.2) is 50.8 Å². The Labute approximate surface area is 125 Å². The zero-order valence-electron chi connectivity index (χ0n) is 11.8. The first kappa shape index (κ1) is 16.8. The number of hydrogen-bond donors (Lipinski definition) is 1. The summed E-state index contributed by atoms with van der Waals surface area (Å²) in [5, 5.41) is 3.17. The van der Waals surface area contributed by atoms with Gasteiger partial charge in [0.05, 0.1) is 20.3 Å². The summed E-state index contributed by atoms with van der Waals surface area (Å²) in [6.07, 6.45) is 0. The molecule has 2 rings (SSSR count). The van der Waals surface area contributed by atoms with E-state index in [0.717, 1.165) is 17.9 Å². The van der Waals surface area contributed by atoms with Gasteiger partial charge in [-0.25, -0.2) is 0 Å². The highest BCUT2D eigenvalue weighted by atomic mass is 35.5. The molecule has 0 bridgehead atoms. The van der Waals surface area contributed by atoms with Crippen molar-refractivity contribution in [3.8, 4) is 5.75 Å². The highest BCUT2D eigenvalue weighted by Gasteiger charge is 2.24. The average Bonchev–Trinajstić information content (AvgIpc) is 2.48. The maximum Gasteiger partial charge on any atom is 0.242 e. The summed E-state index contributed by atoms with van der Waals surface area (Å²) in [7, 11) is 3.45. The van der Waals surface area contributed by atoms with Crippen molar-refractivity contribution < 1.29 is 14.3 Å². The van der Waals surface area contributed by atoms with Gasteiger partial charge < -0.3 is 19.7 Å². The first-order chi connectivity index (χ1) is 9.20. The number of methoxy groups -OCH3 is 1. The zero-order chi connectivity index (χ0) is 13.7. The van der Waals surface area contributed by atoms with E-state index in [2.05, 4.69) is 5.32 Å². The Hall–Kier alpha value is -1.30. The maximum atomic E-state index is 12.2. The molecule has 0 aliphatic carbocycles. The van der Waals surface area contributed by atoms with Gasteiger partial charge in [0.2, 0.25) is 5.91 Å². The Balaban J connectivity index is 0.00000200.